The van der Waals surface area contributed by atoms with Crippen LogP contribution in [-0.2, 0) is 15.9 Å². The summed E-state index contributed by atoms with van der Waals surface area (Å²) in [5, 5.41) is 2.86. The molecule has 1 atom stereocenters. The summed E-state index contributed by atoms with van der Waals surface area (Å²) in [4.78, 5) is 42.8. The van der Waals surface area contributed by atoms with Crippen LogP contribution in [0.1, 0.15) is 83.1 Å². The van der Waals surface area contributed by atoms with Crippen LogP contribution in [0.2, 0.25) is 0 Å². The zero-order valence-corrected chi connectivity index (χ0v) is 20.9. The molecule has 8 nitrogen and oxygen atoms in total. The Kier molecular flexibility index (Phi) is 7.24. The number of benzene rings is 1. The third kappa shape index (κ3) is 6.19. The molecule has 0 radical (unpaired) electrons. The monoisotopic (exact) mass is 490 g/mol. The molecule has 36 heavy (non-hydrogen) atoms. The lowest BCUT2D eigenvalue weighted by atomic mass is 9.85. The quantitative estimate of drug-likeness (QED) is 0.310. The second-order valence-electron chi connectivity index (χ2n) is 9.89. The van der Waals surface area contributed by atoms with E-state index in [0.29, 0.717) is 28.4 Å². The smallest absolute Gasteiger partial charge is 0.412 e. The fraction of sp³-hybridized carbons (Fsp3) is 0.357. The van der Waals surface area contributed by atoms with Crippen molar-refractivity contribution >= 4 is 23.5 Å². The Labute approximate surface area is 210 Å². The second kappa shape index (κ2) is 10.4. The van der Waals surface area contributed by atoms with Gasteiger partial charge in [0.05, 0.1) is 24.9 Å². The van der Waals surface area contributed by atoms with E-state index in [9.17, 15) is 14.4 Å². The Hall–Kier alpha value is -3.94. The van der Waals surface area contributed by atoms with Gasteiger partial charge in [-0.15, -0.1) is 0 Å². The van der Waals surface area contributed by atoms with Crippen LogP contribution >= 0.6 is 0 Å². The van der Waals surface area contributed by atoms with E-state index >= 15 is 0 Å². The van der Waals surface area contributed by atoms with Crippen molar-refractivity contribution in [2.24, 2.45) is 0 Å². The Morgan fingerprint density at radius 1 is 1.14 bits per heavy atom. The number of furan rings is 1. The van der Waals surface area contributed by atoms with Gasteiger partial charge in [0.15, 0.2) is 5.78 Å². The summed E-state index contributed by atoms with van der Waals surface area (Å²) in [6.07, 6.45) is 4.61. The molecule has 1 fully saturated rings. The standard InChI is InChI=1S/C28H30N2O6/c1-28(2,3)36-27(33)30-24-14-18(17-8-9-17)10-11-21(24)22(25(31)19-12-13-35-16-19)15-20-6-5-7-23(29-20)26(32)34-4/h5-7,10-14,16-17,22H,8-9,15H2,1-4H3,(H,30,33). The van der Waals surface area contributed by atoms with Crippen molar-refractivity contribution in [1.29, 1.82) is 0 Å². The highest BCUT2D eigenvalue weighted by Crippen LogP contribution is 2.42. The van der Waals surface area contributed by atoms with Gasteiger partial charge in [-0.05, 0) is 74.9 Å². The van der Waals surface area contributed by atoms with Gasteiger partial charge < -0.3 is 13.9 Å². The second-order valence-corrected chi connectivity index (χ2v) is 9.89. The van der Waals surface area contributed by atoms with Crippen LogP contribution in [0.4, 0.5) is 10.5 Å². The lowest BCUT2D eigenvalue weighted by molar-refractivity contribution is 0.0591. The minimum absolute atomic E-state index is 0.153. The third-order valence-electron chi connectivity index (χ3n) is 5.87. The van der Waals surface area contributed by atoms with Crippen molar-refractivity contribution in [2.45, 2.75) is 57.5 Å². The first-order chi connectivity index (χ1) is 17.1. The van der Waals surface area contributed by atoms with E-state index in [2.05, 4.69) is 10.3 Å². The molecule has 0 bridgehead atoms. The van der Waals surface area contributed by atoms with Crippen LogP contribution in [0.3, 0.4) is 0 Å². The van der Waals surface area contributed by atoms with Crippen molar-refractivity contribution in [3.63, 3.8) is 0 Å². The summed E-state index contributed by atoms with van der Waals surface area (Å²) in [5.41, 5.74) is 2.66. The van der Waals surface area contributed by atoms with E-state index in [1.165, 1.54) is 19.6 Å². The normalized spacial score (nSPS) is 14.1. The van der Waals surface area contributed by atoms with E-state index in [1.807, 2.05) is 18.2 Å². The Bertz CT molecular complexity index is 1260. The highest BCUT2D eigenvalue weighted by Gasteiger charge is 2.30. The molecule has 1 aromatic carbocycles. The van der Waals surface area contributed by atoms with E-state index in [4.69, 9.17) is 13.9 Å². The fourth-order valence-electron chi connectivity index (χ4n) is 4.04. The maximum Gasteiger partial charge on any atom is 0.412 e. The van der Waals surface area contributed by atoms with Gasteiger partial charge in [0, 0.05) is 17.8 Å². The molecule has 1 aliphatic rings. The van der Waals surface area contributed by atoms with Crippen molar-refractivity contribution in [2.75, 3.05) is 12.4 Å². The molecule has 0 spiro atoms. The summed E-state index contributed by atoms with van der Waals surface area (Å²) >= 11 is 0. The molecule has 0 saturated heterocycles. The molecule has 2 aromatic heterocycles. The predicted molar refractivity (Wildman–Crippen MR) is 133 cm³/mol. The van der Waals surface area contributed by atoms with Crippen LogP contribution in [0.25, 0.3) is 0 Å². The first-order valence-corrected chi connectivity index (χ1v) is 11.9. The number of ketones is 1. The molecule has 1 saturated carbocycles. The van der Waals surface area contributed by atoms with Crippen LogP contribution in [0, 0.1) is 0 Å². The predicted octanol–water partition coefficient (Wildman–Crippen LogP) is 5.89. The number of nitrogens with one attached hydrogen (secondary N) is 1. The average molecular weight is 491 g/mol. The number of nitrogens with zero attached hydrogens (tertiary/aromatic N) is 1. The number of esters is 1. The number of methoxy groups -OCH3 is 1. The van der Waals surface area contributed by atoms with Crippen molar-refractivity contribution in [3.8, 4) is 0 Å². The minimum Gasteiger partial charge on any atom is -0.472 e. The van der Waals surface area contributed by atoms with Crippen LogP contribution < -0.4 is 5.32 Å². The molecule has 8 heteroatoms. The molecule has 0 aliphatic heterocycles. The molecule has 1 unspecified atom stereocenters. The summed E-state index contributed by atoms with van der Waals surface area (Å²) in [6, 6.07) is 12.4. The number of rotatable bonds is 8. The maximum atomic E-state index is 13.7. The number of ether oxygens (including phenoxy) is 2. The van der Waals surface area contributed by atoms with Gasteiger partial charge in [-0.2, -0.15) is 0 Å². The fourth-order valence-corrected chi connectivity index (χ4v) is 4.04. The maximum absolute atomic E-state index is 13.7. The molecule has 1 amide bonds. The number of hydrogen-bond donors (Lipinski definition) is 1. The number of amides is 1. The van der Waals surface area contributed by atoms with Crippen LogP contribution in [-0.4, -0.2) is 35.5 Å². The first kappa shape index (κ1) is 25.2. The first-order valence-electron chi connectivity index (χ1n) is 11.9. The summed E-state index contributed by atoms with van der Waals surface area (Å²) in [7, 11) is 1.29. The third-order valence-corrected chi connectivity index (χ3v) is 5.87. The van der Waals surface area contributed by atoms with Gasteiger partial charge >= 0.3 is 12.1 Å². The number of anilines is 1. The van der Waals surface area contributed by atoms with Crippen molar-refractivity contribution in [3.05, 3.63) is 83.1 Å². The summed E-state index contributed by atoms with van der Waals surface area (Å²) in [5.74, 6) is -1.02. The molecule has 1 N–H and O–H groups in total. The number of hydrogen-bond acceptors (Lipinski definition) is 7. The van der Waals surface area contributed by atoms with Crippen molar-refractivity contribution < 1.29 is 28.3 Å². The number of aromatic nitrogens is 1. The molecule has 2 heterocycles. The zero-order chi connectivity index (χ0) is 25.9. The van der Waals surface area contributed by atoms with Crippen LogP contribution in [0.15, 0.2) is 59.4 Å². The van der Waals surface area contributed by atoms with Gasteiger partial charge in [-0.25, -0.2) is 14.6 Å². The molecular weight excluding hydrogens is 460 g/mol. The van der Waals surface area contributed by atoms with Gasteiger partial charge in [0.25, 0.3) is 0 Å². The topological polar surface area (TPSA) is 108 Å². The van der Waals surface area contributed by atoms with E-state index in [1.54, 1.807) is 45.0 Å². The number of carbonyl (C=O) groups is 3. The lowest BCUT2D eigenvalue weighted by Gasteiger charge is -2.23. The molecule has 188 valence electrons. The molecule has 4 rings (SSSR count). The van der Waals surface area contributed by atoms with Gasteiger partial charge in [-0.1, -0.05) is 18.2 Å². The zero-order valence-electron chi connectivity index (χ0n) is 20.9. The number of carbonyl (C=O) groups excluding carboxylic acids is 3. The van der Waals surface area contributed by atoms with Crippen molar-refractivity contribution in [1.82, 2.24) is 4.98 Å². The minimum atomic E-state index is -0.707. The summed E-state index contributed by atoms with van der Waals surface area (Å²) < 4.78 is 15.4. The Morgan fingerprint density at radius 3 is 2.56 bits per heavy atom. The van der Waals surface area contributed by atoms with E-state index in [-0.39, 0.29) is 17.9 Å². The average Bonchev–Trinajstić information content (AvgIpc) is 3.54. The van der Waals surface area contributed by atoms with Crippen LogP contribution in [0.5, 0.6) is 0 Å². The Balaban J connectivity index is 1.74. The summed E-state index contributed by atoms with van der Waals surface area (Å²) in [6.45, 7) is 5.37. The Morgan fingerprint density at radius 2 is 1.92 bits per heavy atom. The van der Waals surface area contributed by atoms with Gasteiger partial charge in [0.2, 0.25) is 0 Å². The molecular formula is C28H30N2O6. The molecule has 3 aromatic rings. The highest BCUT2D eigenvalue weighted by atomic mass is 16.6. The van der Waals surface area contributed by atoms with E-state index < -0.39 is 23.6 Å². The van der Waals surface area contributed by atoms with E-state index in [0.717, 1.165) is 18.4 Å². The van der Waals surface area contributed by atoms with Gasteiger partial charge in [0.1, 0.15) is 17.6 Å². The highest BCUT2D eigenvalue weighted by molar-refractivity contribution is 6.02. The largest absolute Gasteiger partial charge is 0.472 e. The number of pyridine rings is 1. The van der Waals surface area contributed by atoms with Gasteiger partial charge in [-0.3, -0.25) is 10.1 Å². The number of Topliss-reactive ketones (excluding diaryl/α,β-unsaturated/α-hetero) is 1. The lowest BCUT2D eigenvalue weighted by Crippen LogP contribution is -2.28. The SMILES string of the molecule is COC(=O)c1cccc(CC(C(=O)c2ccoc2)c2ccc(C3CC3)cc2NC(=O)OC(C)(C)C)n1. The molecule has 1 aliphatic carbocycles.